The molecule has 1 unspecified atom stereocenters. The van der Waals surface area contributed by atoms with Crippen molar-refractivity contribution in [3.63, 3.8) is 0 Å². The number of hydrogen-bond donors (Lipinski definition) is 2. The minimum Gasteiger partial charge on any atom is -0.381 e. The van der Waals surface area contributed by atoms with Crippen LogP contribution in [0, 0.1) is 5.92 Å². The Balaban J connectivity index is 1.48. The number of hydrogen-bond acceptors (Lipinski definition) is 3. The summed E-state index contributed by atoms with van der Waals surface area (Å²) < 4.78 is 5.53. The van der Waals surface area contributed by atoms with Gasteiger partial charge in [-0.05, 0) is 43.6 Å². The molecule has 0 radical (unpaired) electrons. The van der Waals surface area contributed by atoms with Crippen molar-refractivity contribution < 1.29 is 4.74 Å². The lowest BCUT2D eigenvalue weighted by molar-refractivity contribution is 0.150. The van der Waals surface area contributed by atoms with E-state index in [4.69, 9.17) is 4.74 Å². The predicted molar refractivity (Wildman–Crippen MR) is 122 cm³/mol. The van der Waals surface area contributed by atoms with Gasteiger partial charge in [0.25, 0.3) is 0 Å². The maximum atomic E-state index is 5.53. The average molecular weight is 401 g/mol. The highest BCUT2D eigenvalue weighted by Crippen LogP contribution is 2.30. The second-order valence-corrected chi connectivity index (χ2v) is 8.73. The van der Waals surface area contributed by atoms with Crippen molar-refractivity contribution in [1.82, 2.24) is 15.5 Å². The van der Waals surface area contributed by atoms with Gasteiger partial charge in [-0.15, -0.1) is 0 Å². The van der Waals surface area contributed by atoms with E-state index in [2.05, 4.69) is 64.7 Å². The van der Waals surface area contributed by atoms with Crippen LogP contribution in [0.15, 0.2) is 35.3 Å². The SMILES string of the molecule is CCC(CC)(CNC(=NC)NC1CCN(CC2CCOC2)CC1)c1ccccc1. The molecule has 29 heavy (non-hydrogen) atoms. The number of guanidine groups is 1. The fraction of sp³-hybridized carbons (Fsp3) is 0.708. The van der Waals surface area contributed by atoms with E-state index in [0.29, 0.717) is 6.04 Å². The fourth-order valence-corrected chi connectivity index (χ4v) is 4.80. The first kappa shape index (κ1) is 22.1. The number of likely N-dealkylation sites (tertiary alicyclic amines) is 1. The Morgan fingerprint density at radius 2 is 1.86 bits per heavy atom. The van der Waals surface area contributed by atoms with E-state index in [-0.39, 0.29) is 5.41 Å². The molecule has 2 aliphatic heterocycles. The third-order valence-corrected chi connectivity index (χ3v) is 7.03. The molecular weight excluding hydrogens is 360 g/mol. The van der Waals surface area contributed by atoms with Gasteiger partial charge in [0.2, 0.25) is 0 Å². The zero-order chi connectivity index (χ0) is 20.5. The molecule has 2 fully saturated rings. The summed E-state index contributed by atoms with van der Waals surface area (Å²) in [5.74, 6) is 1.68. The molecule has 0 spiro atoms. The predicted octanol–water partition coefficient (Wildman–Crippen LogP) is 3.41. The zero-order valence-corrected chi connectivity index (χ0v) is 18.6. The number of benzene rings is 1. The molecule has 0 saturated carbocycles. The van der Waals surface area contributed by atoms with E-state index in [1.165, 1.54) is 44.5 Å². The molecule has 2 heterocycles. The maximum Gasteiger partial charge on any atom is 0.191 e. The summed E-state index contributed by atoms with van der Waals surface area (Å²) in [4.78, 5) is 7.13. The molecule has 162 valence electrons. The molecule has 0 bridgehead atoms. The highest BCUT2D eigenvalue weighted by molar-refractivity contribution is 5.80. The number of ether oxygens (including phenoxy) is 1. The molecule has 5 nitrogen and oxygen atoms in total. The van der Waals surface area contributed by atoms with Crippen LogP contribution in [0.25, 0.3) is 0 Å². The van der Waals surface area contributed by atoms with Crippen LogP contribution in [0.2, 0.25) is 0 Å². The highest BCUT2D eigenvalue weighted by Gasteiger charge is 2.29. The summed E-state index contributed by atoms with van der Waals surface area (Å²) in [6.45, 7) is 10.9. The third kappa shape index (κ3) is 5.95. The van der Waals surface area contributed by atoms with Crippen molar-refractivity contribution >= 4 is 5.96 Å². The summed E-state index contributed by atoms with van der Waals surface area (Å²) in [5, 5.41) is 7.32. The highest BCUT2D eigenvalue weighted by atomic mass is 16.5. The van der Waals surface area contributed by atoms with Crippen molar-refractivity contribution in [3.05, 3.63) is 35.9 Å². The topological polar surface area (TPSA) is 48.9 Å². The smallest absolute Gasteiger partial charge is 0.191 e. The summed E-state index contributed by atoms with van der Waals surface area (Å²) >= 11 is 0. The number of aliphatic imine (C=N–C) groups is 1. The molecule has 1 atom stereocenters. The van der Waals surface area contributed by atoms with Gasteiger partial charge in [0.05, 0.1) is 6.61 Å². The first-order valence-electron chi connectivity index (χ1n) is 11.5. The van der Waals surface area contributed by atoms with E-state index in [1.807, 2.05) is 7.05 Å². The average Bonchev–Trinajstić information content (AvgIpc) is 3.29. The second kappa shape index (κ2) is 11.0. The lowest BCUT2D eigenvalue weighted by Gasteiger charge is -2.36. The van der Waals surface area contributed by atoms with E-state index in [0.717, 1.165) is 44.5 Å². The third-order valence-electron chi connectivity index (χ3n) is 7.03. The maximum absolute atomic E-state index is 5.53. The number of nitrogens with one attached hydrogen (secondary N) is 2. The molecule has 2 N–H and O–H groups in total. The van der Waals surface area contributed by atoms with Crippen molar-refractivity contribution in [2.75, 3.05) is 46.4 Å². The van der Waals surface area contributed by atoms with Gasteiger partial charge in [0, 0.05) is 51.3 Å². The molecule has 5 heteroatoms. The fourth-order valence-electron chi connectivity index (χ4n) is 4.80. The Morgan fingerprint density at radius 1 is 1.14 bits per heavy atom. The van der Waals surface area contributed by atoms with Gasteiger partial charge in [-0.25, -0.2) is 0 Å². The Labute approximate surface area is 177 Å². The van der Waals surface area contributed by atoms with Crippen molar-refractivity contribution in [3.8, 4) is 0 Å². The largest absolute Gasteiger partial charge is 0.381 e. The van der Waals surface area contributed by atoms with E-state index in [9.17, 15) is 0 Å². The molecule has 1 aromatic rings. The molecular formula is C24H40N4O. The normalized spacial score (nSPS) is 22.0. The number of nitrogens with zero attached hydrogens (tertiary/aromatic N) is 2. The summed E-state index contributed by atoms with van der Waals surface area (Å²) in [5.41, 5.74) is 1.56. The van der Waals surface area contributed by atoms with Gasteiger partial charge < -0.3 is 20.3 Å². The molecule has 2 aliphatic rings. The van der Waals surface area contributed by atoms with Crippen LogP contribution in [0.1, 0.15) is 51.5 Å². The van der Waals surface area contributed by atoms with Crippen LogP contribution in [0.4, 0.5) is 0 Å². The van der Waals surface area contributed by atoms with E-state index < -0.39 is 0 Å². The van der Waals surface area contributed by atoms with Crippen LogP contribution in [0.3, 0.4) is 0 Å². The summed E-state index contributed by atoms with van der Waals surface area (Å²) in [6.07, 6.45) is 5.81. The Kier molecular flexibility index (Phi) is 8.37. The van der Waals surface area contributed by atoms with Gasteiger partial charge in [0.15, 0.2) is 5.96 Å². The van der Waals surface area contributed by atoms with Crippen LogP contribution in [-0.4, -0.2) is 63.3 Å². The molecule has 0 aliphatic carbocycles. The molecule has 3 rings (SSSR count). The van der Waals surface area contributed by atoms with Crippen molar-refractivity contribution in [1.29, 1.82) is 0 Å². The number of piperidine rings is 1. The van der Waals surface area contributed by atoms with Gasteiger partial charge >= 0.3 is 0 Å². The van der Waals surface area contributed by atoms with Crippen LogP contribution in [0.5, 0.6) is 0 Å². The summed E-state index contributed by atoms with van der Waals surface area (Å²) in [6, 6.07) is 11.4. The molecule has 2 saturated heterocycles. The molecule has 1 aromatic carbocycles. The van der Waals surface area contributed by atoms with Gasteiger partial charge in [-0.2, -0.15) is 0 Å². The standard InChI is InChI=1S/C24H40N4O/c1-4-24(5-2,21-9-7-6-8-10-21)19-26-23(25-3)27-22-11-14-28(15-12-22)17-20-13-16-29-18-20/h6-10,20,22H,4-5,11-19H2,1-3H3,(H2,25,26,27). The van der Waals surface area contributed by atoms with Crippen molar-refractivity contribution in [2.45, 2.75) is 57.4 Å². The number of rotatable bonds is 8. The van der Waals surface area contributed by atoms with E-state index >= 15 is 0 Å². The molecule has 0 amide bonds. The van der Waals surface area contributed by atoms with Crippen LogP contribution < -0.4 is 10.6 Å². The lowest BCUT2D eigenvalue weighted by Crippen LogP contribution is -2.51. The second-order valence-electron chi connectivity index (χ2n) is 8.73. The van der Waals surface area contributed by atoms with Crippen LogP contribution >= 0.6 is 0 Å². The van der Waals surface area contributed by atoms with Crippen molar-refractivity contribution in [2.24, 2.45) is 10.9 Å². The van der Waals surface area contributed by atoms with Gasteiger partial charge in [-0.3, -0.25) is 4.99 Å². The minimum atomic E-state index is 0.144. The van der Waals surface area contributed by atoms with E-state index in [1.54, 1.807) is 0 Å². The Hall–Kier alpha value is -1.59. The van der Waals surface area contributed by atoms with Gasteiger partial charge in [0.1, 0.15) is 0 Å². The quantitative estimate of drug-likeness (QED) is 0.519. The zero-order valence-electron chi connectivity index (χ0n) is 18.6. The minimum absolute atomic E-state index is 0.144. The van der Waals surface area contributed by atoms with Gasteiger partial charge in [-0.1, -0.05) is 44.2 Å². The molecule has 0 aromatic heterocycles. The Bertz CT molecular complexity index is 615. The van der Waals surface area contributed by atoms with Crippen LogP contribution in [-0.2, 0) is 10.2 Å². The monoisotopic (exact) mass is 400 g/mol. The first-order valence-corrected chi connectivity index (χ1v) is 11.5. The Morgan fingerprint density at radius 3 is 2.45 bits per heavy atom. The lowest BCUT2D eigenvalue weighted by atomic mass is 9.76. The first-order chi connectivity index (χ1) is 14.2. The summed E-state index contributed by atoms with van der Waals surface area (Å²) in [7, 11) is 1.88.